The highest BCUT2D eigenvalue weighted by Gasteiger charge is 2.14. The van der Waals surface area contributed by atoms with Crippen LogP contribution >= 0.6 is 31.9 Å². The first kappa shape index (κ1) is 16.2. The second kappa shape index (κ2) is 7.23. The number of hydrogen-bond donors (Lipinski definition) is 1. The SMILES string of the molecule is CCC(C)c1ccccc1NC(=O)c1cc(Br)ccc1Br. The largest absolute Gasteiger partial charge is 0.322 e. The van der Waals surface area contributed by atoms with Crippen molar-refractivity contribution >= 4 is 43.5 Å². The highest BCUT2D eigenvalue weighted by atomic mass is 79.9. The lowest BCUT2D eigenvalue weighted by Gasteiger charge is -2.16. The van der Waals surface area contributed by atoms with Crippen LogP contribution in [0.25, 0.3) is 0 Å². The first-order chi connectivity index (χ1) is 10.0. The second-order valence-electron chi connectivity index (χ2n) is 4.97. The third kappa shape index (κ3) is 3.95. The number of halogens is 2. The number of rotatable bonds is 4. The van der Waals surface area contributed by atoms with Gasteiger partial charge in [0.05, 0.1) is 5.56 Å². The van der Waals surface area contributed by atoms with Gasteiger partial charge < -0.3 is 5.32 Å². The lowest BCUT2D eigenvalue weighted by atomic mass is 9.97. The summed E-state index contributed by atoms with van der Waals surface area (Å²) in [6, 6.07) is 13.5. The first-order valence-electron chi connectivity index (χ1n) is 6.88. The Kier molecular flexibility index (Phi) is 5.59. The molecule has 0 fully saturated rings. The Labute approximate surface area is 142 Å². The molecule has 2 aromatic rings. The number of anilines is 1. The molecule has 0 aliphatic heterocycles. The van der Waals surface area contributed by atoms with Crippen LogP contribution in [0.5, 0.6) is 0 Å². The minimum absolute atomic E-state index is 0.112. The number of para-hydroxylation sites is 1. The van der Waals surface area contributed by atoms with Crippen LogP contribution in [-0.4, -0.2) is 5.91 Å². The maximum Gasteiger partial charge on any atom is 0.256 e. The maximum absolute atomic E-state index is 12.5. The van der Waals surface area contributed by atoms with Crippen molar-refractivity contribution in [2.24, 2.45) is 0 Å². The Hall–Kier alpha value is -1.13. The highest BCUT2D eigenvalue weighted by Crippen LogP contribution is 2.28. The summed E-state index contributed by atoms with van der Waals surface area (Å²) < 4.78 is 1.66. The van der Waals surface area contributed by atoms with E-state index in [1.807, 2.05) is 36.4 Å². The molecular formula is C17H17Br2NO. The average Bonchev–Trinajstić information content (AvgIpc) is 2.49. The van der Waals surface area contributed by atoms with Crippen LogP contribution in [0.15, 0.2) is 51.4 Å². The zero-order valence-corrected chi connectivity index (χ0v) is 15.2. The smallest absolute Gasteiger partial charge is 0.256 e. The summed E-state index contributed by atoms with van der Waals surface area (Å²) >= 11 is 6.82. The fourth-order valence-electron chi connectivity index (χ4n) is 2.12. The van der Waals surface area contributed by atoms with Gasteiger partial charge in [0.25, 0.3) is 5.91 Å². The predicted molar refractivity (Wildman–Crippen MR) is 94.9 cm³/mol. The number of carbonyl (C=O) groups is 1. The molecule has 0 spiro atoms. The molecule has 4 heteroatoms. The Morgan fingerprint density at radius 2 is 1.90 bits per heavy atom. The molecule has 21 heavy (non-hydrogen) atoms. The van der Waals surface area contributed by atoms with Gasteiger partial charge in [0.2, 0.25) is 0 Å². The molecule has 1 atom stereocenters. The molecule has 0 aliphatic carbocycles. The van der Waals surface area contributed by atoms with E-state index in [9.17, 15) is 4.79 Å². The van der Waals surface area contributed by atoms with Gasteiger partial charge in [-0.15, -0.1) is 0 Å². The lowest BCUT2D eigenvalue weighted by Crippen LogP contribution is -2.14. The van der Waals surface area contributed by atoms with E-state index in [2.05, 4.69) is 57.1 Å². The Balaban J connectivity index is 2.30. The standard InChI is InChI=1S/C17H17Br2NO/c1-3-11(2)13-6-4-5-7-16(13)20-17(21)14-10-12(18)8-9-15(14)19/h4-11H,3H2,1-2H3,(H,20,21). The Morgan fingerprint density at radius 1 is 1.19 bits per heavy atom. The van der Waals surface area contributed by atoms with E-state index in [1.165, 1.54) is 5.56 Å². The molecular weight excluding hydrogens is 394 g/mol. The topological polar surface area (TPSA) is 29.1 Å². The Bertz CT molecular complexity index is 655. The number of benzene rings is 2. The van der Waals surface area contributed by atoms with Crippen LogP contribution in [0.4, 0.5) is 5.69 Å². The number of amides is 1. The summed E-state index contributed by atoms with van der Waals surface area (Å²) in [6.45, 7) is 4.31. The lowest BCUT2D eigenvalue weighted by molar-refractivity contribution is 0.102. The fourth-order valence-corrected chi connectivity index (χ4v) is 2.91. The van der Waals surface area contributed by atoms with E-state index < -0.39 is 0 Å². The summed E-state index contributed by atoms with van der Waals surface area (Å²) in [4.78, 5) is 12.5. The number of hydrogen-bond acceptors (Lipinski definition) is 1. The molecule has 0 saturated heterocycles. The van der Waals surface area contributed by atoms with Crippen molar-refractivity contribution in [3.8, 4) is 0 Å². The molecule has 1 N–H and O–H groups in total. The monoisotopic (exact) mass is 409 g/mol. The van der Waals surface area contributed by atoms with E-state index in [1.54, 1.807) is 0 Å². The van der Waals surface area contributed by atoms with E-state index >= 15 is 0 Å². The van der Waals surface area contributed by atoms with Crippen molar-refractivity contribution in [2.75, 3.05) is 5.32 Å². The molecule has 2 nitrogen and oxygen atoms in total. The molecule has 1 unspecified atom stereocenters. The van der Waals surface area contributed by atoms with Crippen molar-refractivity contribution in [1.82, 2.24) is 0 Å². The number of nitrogens with one attached hydrogen (secondary N) is 1. The molecule has 0 saturated carbocycles. The summed E-state index contributed by atoms with van der Waals surface area (Å²) in [5, 5.41) is 3.02. The third-order valence-corrected chi connectivity index (χ3v) is 4.71. The summed E-state index contributed by atoms with van der Waals surface area (Å²) in [7, 11) is 0. The van der Waals surface area contributed by atoms with Crippen molar-refractivity contribution in [3.05, 3.63) is 62.5 Å². The predicted octanol–water partition coefficient (Wildman–Crippen LogP) is 5.98. The summed E-state index contributed by atoms with van der Waals surface area (Å²) in [5.74, 6) is 0.298. The average molecular weight is 411 g/mol. The van der Waals surface area contributed by atoms with Gasteiger partial charge in [-0.05, 0) is 58.1 Å². The van der Waals surface area contributed by atoms with E-state index in [-0.39, 0.29) is 5.91 Å². The molecule has 2 aromatic carbocycles. The van der Waals surface area contributed by atoms with Gasteiger partial charge >= 0.3 is 0 Å². The molecule has 0 heterocycles. The van der Waals surface area contributed by atoms with Gasteiger partial charge in [-0.1, -0.05) is 48.0 Å². The molecule has 1 amide bonds. The van der Waals surface area contributed by atoms with Gasteiger partial charge in [0.1, 0.15) is 0 Å². The molecule has 110 valence electrons. The van der Waals surface area contributed by atoms with Gasteiger partial charge in [0, 0.05) is 14.6 Å². The Morgan fingerprint density at radius 3 is 2.62 bits per heavy atom. The van der Waals surface area contributed by atoms with Crippen LogP contribution in [0, 0.1) is 0 Å². The first-order valence-corrected chi connectivity index (χ1v) is 8.46. The van der Waals surface area contributed by atoms with Crippen LogP contribution in [0.1, 0.15) is 42.1 Å². The normalized spacial score (nSPS) is 12.0. The molecule has 0 bridgehead atoms. The quantitative estimate of drug-likeness (QED) is 0.660. The zero-order chi connectivity index (χ0) is 15.4. The number of carbonyl (C=O) groups excluding carboxylic acids is 1. The second-order valence-corrected chi connectivity index (χ2v) is 6.74. The minimum atomic E-state index is -0.112. The molecule has 0 aromatic heterocycles. The van der Waals surface area contributed by atoms with Gasteiger partial charge in [-0.2, -0.15) is 0 Å². The van der Waals surface area contributed by atoms with Gasteiger partial charge in [-0.3, -0.25) is 4.79 Å². The highest BCUT2D eigenvalue weighted by molar-refractivity contribution is 9.11. The van der Waals surface area contributed by atoms with Crippen LogP contribution in [-0.2, 0) is 0 Å². The van der Waals surface area contributed by atoms with E-state index in [0.29, 0.717) is 11.5 Å². The van der Waals surface area contributed by atoms with Crippen molar-refractivity contribution in [3.63, 3.8) is 0 Å². The van der Waals surface area contributed by atoms with Crippen molar-refractivity contribution in [2.45, 2.75) is 26.2 Å². The molecule has 2 rings (SSSR count). The van der Waals surface area contributed by atoms with Crippen LogP contribution in [0.3, 0.4) is 0 Å². The zero-order valence-electron chi connectivity index (χ0n) is 12.0. The summed E-state index contributed by atoms with van der Waals surface area (Å²) in [5.41, 5.74) is 2.66. The third-order valence-electron chi connectivity index (χ3n) is 3.53. The summed E-state index contributed by atoms with van der Waals surface area (Å²) in [6.07, 6.45) is 1.04. The van der Waals surface area contributed by atoms with E-state index in [4.69, 9.17) is 0 Å². The maximum atomic E-state index is 12.5. The van der Waals surface area contributed by atoms with Crippen molar-refractivity contribution < 1.29 is 4.79 Å². The van der Waals surface area contributed by atoms with Crippen LogP contribution in [0.2, 0.25) is 0 Å². The van der Waals surface area contributed by atoms with Crippen LogP contribution < -0.4 is 5.32 Å². The molecule has 0 aliphatic rings. The van der Waals surface area contributed by atoms with Gasteiger partial charge in [-0.25, -0.2) is 0 Å². The molecule has 0 radical (unpaired) electrons. The minimum Gasteiger partial charge on any atom is -0.322 e. The van der Waals surface area contributed by atoms with Gasteiger partial charge in [0.15, 0.2) is 0 Å². The van der Waals surface area contributed by atoms with Crippen molar-refractivity contribution in [1.29, 1.82) is 0 Å². The van der Waals surface area contributed by atoms with E-state index in [0.717, 1.165) is 21.1 Å². The fraction of sp³-hybridized carbons (Fsp3) is 0.235.